The normalized spacial score (nSPS) is 14.8. The fraction of sp³-hybridized carbons (Fsp3) is 0.238. The van der Waals surface area contributed by atoms with E-state index in [0.29, 0.717) is 22.3 Å². The smallest absolute Gasteiger partial charge is 0.259 e. The largest absolute Gasteiger partial charge is 0.288 e. The Morgan fingerprint density at radius 2 is 1.00 bits per heavy atom. The minimum absolute atomic E-state index is 0.318. The summed E-state index contributed by atoms with van der Waals surface area (Å²) in [6, 6.07) is 10.7. The average molecular weight is 362 g/mol. The second-order valence-electron chi connectivity index (χ2n) is 6.81. The number of hydrogen-bond acceptors (Lipinski definition) is 4. The maximum atomic E-state index is 11.9. The molecule has 4 amide bonds. The van der Waals surface area contributed by atoms with Crippen LogP contribution >= 0.6 is 0 Å². The number of aryl methyl sites for hydroxylation is 2. The molecule has 2 aliphatic rings. The van der Waals surface area contributed by atoms with E-state index in [-0.39, 0.29) is 23.6 Å². The average Bonchev–Trinajstić information content (AvgIpc) is 3.11. The van der Waals surface area contributed by atoms with Crippen LogP contribution in [0.15, 0.2) is 36.4 Å². The molecule has 0 bridgehead atoms. The molecule has 2 aromatic carbocycles. The second kappa shape index (κ2) is 6.79. The van der Waals surface area contributed by atoms with Crippen LogP contribution in [0.2, 0.25) is 0 Å². The van der Waals surface area contributed by atoms with Crippen molar-refractivity contribution >= 4 is 23.6 Å². The lowest BCUT2D eigenvalue weighted by molar-refractivity contribution is 0.0862. The topological polar surface area (TPSA) is 92.3 Å². The van der Waals surface area contributed by atoms with Gasteiger partial charge in [-0.3, -0.25) is 29.8 Å². The first-order valence-electron chi connectivity index (χ1n) is 9.01. The molecule has 2 N–H and O–H groups in total. The van der Waals surface area contributed by atoms with Crippen LogP contribution in [0.3, 0.4) is 0 Å². The van der Waals surface area contributed by atoms with Gasteiger partial charge in [0.25, 0.3) is 23.6 Å². The van der Waals surface area contributed by atoms with Crippen molar-refractivity contribution in [3.63, 3.8) is 0 Å². The molecule has 0 unspecified atom stereocenters. The highest BCUT2D eigenvalue weighted by Gasteiger charge is 2.29. The van der Waals surface area contributed by atoms with Crippen LogP contribution in [0, 0.1) is 0 Å². The van der Waals surface area contributed by atoms with E-state index in [9.17, 15) is 19.2 Å². The minimum atomic E-state index is -0.331. The first-order chi connectivity index (χ1) is 13.1. The van der Waals surface area contributed by atoms with Crippen LogP contribution in [-0.4, -0.2) is 23.6 Å². The van der Waals surface area contributed by atoms with Crippen LogP contribution in [0.1, 0.15) is 71.8 Å². The molecule has 2 aliphatic heterocycles. The molecule has 0 aliphatic carbocycles. The van der Waals surface area contributed by atoms with Crippen molar-refractivity contribution in [3.05, 3.63) is 69.8 Å². The maximum absolute atomic E-state index is 11.9. The van der Waals surface area contributed by atoms with Gasteiger partial charge in [0.15, 0.2) is 0 Å². The summed E-state index contributed by atoms with van der Waals surface area (Å²) in [4.78, 5) is 47.3. The molecule has 0 spiro atoms. The van der Waals surface area contributed by atoms with Gasteiger partial charge in [-0.2, -0.15) is 0 Å². The highest BCUT2D eigenvalue weighted by Crippen LogP contribution is 2.24. The van der Waals surface area contributed by atoms with Crippen molar-refractivity contribution < 1.29 is 19.2 Å². The number of carbonyl (C=O) groups excluding carboxylic acids is 4. The lowest BCUT2D eigenvalue weighted by Crippen LogP contribution is -2.20. The van der Waals surface area contributed by atoms with E-state index < -0.39 is 0 Å². The van der Waals surface area contributed by atoms with Crippen LogP contribution in [0.4, 0.5) is 0 Å². The summed E-state index contributed by atoms with van der Waals surface area (Å²) >= 11 is 0. The molecule has 0 saturated carbocycles. The fourth-order valence-electron chi connectivity index (χ4n) is 3.81. The Morgan fingerprint density at radius 1 is 0.556 bits per heavy atom. The Kier molecular flexibility index (Phi) is 4.32. The zero-order valence-corrected chi connectivity index (χ0v) is 14.6. The van der Waals surface area contributed by atoms with E-state index in [2.05, 4.69) is 10.6 Å². The van der Waals surface area contributed by atoms with Gasteiger partial charge in [-0.25, -0.2) is 0 Å². The van der Waals surface area contributed by atoms with Crippen molar-refractivity contribution in [2.45, 2.75) is 32.1 Å². The van der Waals surface area contributed by atoms with Gasteiger partial charge in [-0.1, -0.05) is 30.7 Å². The standard InChI is InChI=1S/C21H18N2O4/c24-18-14-10-4-8-12(16(14)20(26)22-18)6-2-1-3-7-13-9-5-11-15-17(13)21(27)23-19(15)25/h4-5,8-11H,1-3,6-7H2,(H,22,24,26)(H,23,25,27). The minimum Gasteiger partial charge on any atom is -0.288 e. The summed E-state index contributed by atoms with van der Waals surface area (Å²) in [5.74, 6) is -1.30. The number of carbonyl (C=O) groups is 4. The molecule has 6 nitrogen and oxygen atoms in total. The number of fused-ring (bicyclic) bond motifs is 2. The summed E-state index contributed by atoms with van der Waals surface area (Å²) in [6.45, 7) is 0. The van der Waals surface area contributed by atoms with E-state index in [1.807, 2.05) is 12.1 Å². The summed E-state index contributed by atoms with van der Waals surface area (Å²) < 4.78 is 0. The van der Waals surface area contributed by atoms with E-state index in [4.69, 9.17) is 0 Å². The molecule has 0 saturated heterocycles. The summed E-state index contributed by atoms with van der Waals surface area (Å²) in [7, 11) is 0. The number of hydrogen-bond donors (Lipinski definition) is 2. The van der Waals surface area contributed by atoms with Crippen LogP contribution < -0.4 is 10.6 Å². The Hall–Kier alpha value is -3.28. The molecule has 0 atom stereocenters. The molecule has 136 valence electrons. The third-order valence-corrected chi connectivity index (χ3v) is 5.09. The van der Waals surface area contributed by atoms with Gasteiger partial charge in [0.1, 0.15) is 0 Å². The lowest BCUT2D eigenvalue weighted by atomic mass is 9.95. The van der Waals surface area contributed by atoms with Crippen molar-refractivity contribution in [1.82, 2.24) is 10.6 Å². The van der Waals surface area contributed by atoms with Gasteiger partial charge in [0, 0.05) is 0 Å². The van der Waals surface area contributed by atoms with Crippen molar-refractivity contribution in [3.8, 4) is 0 Å². The summed E-state index contributed by atoms with van der Waals surface area (Å²) in [6.07, 6.45) is 4.10. The molecule has 2 heterocycles. The zero-order valence-electron chi connectivity index (χ0n) is 14.6. The van der Waals surface area contributed by atoms with Crippen LogP contribution in [0.25, 0.3) is 0 Å². The molecular weight excluding hydrogens is 344 g/mol. The Balaban J connectivity index is 1.36. The lowest BCUT2D eigenvalue weighted by Gasteiger charge is -2.07. The van der Waals surface area contributed by atoms with Gasteiger partial charge in [-0.05, 0) is 48.9 Å². The Morgan fingerprint density at radius 3 is 1.44 bits per heavy atom. The van der Waals surface area contributed by atoms with E-state index in [1.165, 1.54) is 0 Å². The van der Waals surface area contributed by atoms with E-state index >= 15 is 0 Å². The molecule has 6 heteroatoms. The van der Waals surface area contributed by atoms with Gasteiger partial charge in [0.2, 0.25) is 0 Å². The van der Waals surface area contributed by atoms with Crippen LogP contribution in [0.5, 0.6) is 0 Å². The van der Waals surface area contributed by atoms with Gasteiger partial charge in [-0.15, -0.1) is 0 Å². The quantitative estimate of drug-likeness (QED) is 0.610. The SMILES string of the molecule is O=C1NC(=O)c2c(CCCCCc3cccc4c3C(=O)NC4=O)cccc21. The Labute approximate surface area is 156 Å². The van der Waals surface area contributed by atoms with Gasteiger partial charge >= 0.3 is 0 Å². The summed E-state index contributed by atoms with van der Waals surface area (Å²) in [5.41, 5.74) is 3.68. The third-order valence-electron chi connectivity index (χ3n) is 5.09. The first kappa shape index (κ1) is 17.1. The number of benzene rings is 2. The highest BCUT2D eigenvalue weighted by atomic mass is 16.2. The third kappa shape index (κ3) is 3.03. The maximum Gasteiger partial charge on any atom is 0.259 e. The van der Waals surface area contributed by atoms with Crippen molar-refractivity contribution in [1.29, 1.82) is 0 Å². The van der Waals surface area contributed by atoms with Gasteiger partial charge in [0.05, 0.1) is 22.3 Å². The van der Waals surface area contributed by atoms with Gasteiger partial charge < -0.3 is 0 Å². The predicted octanol–water partition coefficient (Wildman–Crippen LogP) is 2.41. The highest BCUT2D eigenvalue weighted by molar-refractivity contribution is 6.22. The number of unbranched alkanes of at least 4 members (excludes halogenated alkanes) is 2. The zero-order chi connectivity index (χ0) is 19.0. The summed E-state index contributed by atoms with van der Waals surface area (Å²) in [5, 5.41) is 4.67. The number of rotatable bonds is 6. The molecule has 0 fully saturated rings. The number of nitrogens with one attached hydrogen (secondary N) is 2. The number of imide groups is 2. The van der Waals surface area contributed by atoms with Crippen molar-refractivity contribution in [2.75, 3.05) is 0 Å². The fourth-order valence-corrected chi connectivity index (χ4v) is 3.81. The molecular formula is C21H18N2O4. The molecule has 2 aromatic rings. The van der Waals surface area contributed by atoms with Crippen molar-refractivity contribution in [2.24, 2.45) is 0 Å². The molecule has 27 heavy (non-hydrogen) atoms. The van der Waals surface area contributed by atoms with E-state index in [1.54, 1.807) is 24.3 Å². The molecule has 0 aromatic heterocycles. The first-order valence-corrected chi connectivity index (χ1v) is 9.01. The van der Waals surface area contributed by atoms with E-state index in [0.717, 1.165) is 43.2 Å². The predicted molar refractivity (Wildman–Crippen MR) is 97.7 cm³/mol. The number of amides is 4. The Bertz CT molecular complexity index is 914. The molecule has 4 rings (SSSR count). The second-order valence-corrected chi connectivity index (χ2v) is 6.81. The van der Waals surface area contributed by atoms with Crippen LogP contribution in [-0.2, 0) is 12.8 Å². The monoisotopic (exact) mass is 362 g/mol. The molecule has 0 radical (unpaired) electrons.